The Labute approximate surface area is 204 Å². The maximum atomic E-state index is 13.4. The van der Waals surface area contributed by atoms with Gasteiger partial charge in [0.1, 0.15) is 12.4 Å². The highest BCUT2D eigenvalue weighted by molar-refractivity contribution is 7.92. The van der Waals surface area contributed by atoms with Crippen molar-refractivity contribution in [3.8, 4) is 0 Å². The largest absolute Gasteiger partial charge is 0.350 e. The summed E-state index contributed by atoms with van der Waals surface area (Å²) >= 11 is 0. The number of sulfonamides is 1. The predicted octanol–water partition coefficient (Wildman–Crippen LogP) is 3.77. The third-order valence-corrected chi connectivity index (χ3v) is 7.58. The Morgan fingerprint density at radius 2 is 1.77 bits per heavy atom. The standard InChI is InChI=1S/C26H26FN3O4S/c1-19-7-11-22(12-8-19)30(35(33,34)24-13-9-21(27)10-14-24)18-25(31)28-17-20-4-2-5-23(16-20)29-15-3-6-26(29)32/h2,4-5,7-14,16H,3,6,15,17-18H2,1H3,(H,28,31). The first-order chi connectivity index (χ1) is 16.7. The molecule has 0 aromatic heterocycles. The maximum Gasteiger partial charge on any atom is 0.264 e. The van der Waals surface area contributed by atoms with Gasteiger partial charge in [0.05, 0.1) is 10.6 Å². The Kier molecular flexibility index (Phi) is 7.16. The summed E-state index contributed by atoms with van der Waals surface area (Å²) in [4.78, 5) is 26.5. The molecule has 0 aliphatic carbocycles. The van der Waals surface area contributed by atoms with Gasteiger partial charge in [0.15, 0.2) is 0 Å². The van der Waals surface area contributed by atoms with Crippen molar-refractivity contribution in [1.82, 2.24) is 5.32 Å². The van der Waals surface area contributed by atoms with E-state index in [-0.39, 0.29) is 17.3 Å². The van der Waals surface area contributed by atoms with Gasteiger partial charge < -0.3 is 10.2 Å². The molecule has 2 amide bonds. The lowest BCUT2D eigenvalue weighted by Crippen LogP contribution is -2.40. The SMILES string of the molecule is Cc1ccc(N(CC(=O)NCc2cccc(N3CCCC3=O)c2)S(=O)(=O)c2ccc(F)cc2)cc1. The highest BCUT2D eigenvalue weighted by Crippen LogP contribution is 2.25. The van der Waals surface area contributed by atoms with Crippen LogP contribution in [-0.2, 0) is 26.2 Å². The Hall–Kier alpha value is -3.72. The third-order valence-electron chi connectivity index (χ3n) is 5.80. The minimum absolute atomic E-state index is 0.0749. The molecule has 0 bridgehead atoms. The number of rotatable bonds is 8. The third kappa shape index (κ3) is 5.68. The maximum absolute atomic E-state index is 13.4. The number of hydrogen-bond acceptors (Lipinski definition) is 4. The van der Waals surface area contributed by atoms with Crippen molar-refractivity contribution in [2.75, 3.05) is 22.3 Å². The summed E-state index contributed by atoms with van der Waals surface area (Å²) in [6, 6.07) is 18.6. The second-order valence-corrected chi connectivity index (χ2v) is 10.3. The molecule has 1 aliphatic rings. The zero-order valence-corrected chi connectivity index (χ0v) is 20.1. The molecule has 1 aliphatic heterocycles. The van der Waals surface area contributed by atoms with Crippen LogP contribution in [0.3, 0.4) is 0 Å². The van der Waals surface area contributed by atoms with Crippen molar-refractivity contribution in [3.63, 3.8) is 0 Å². The van der Waals surface area contributed by atoms with Crippen LogP contribution in [-0.4, -0.2) is 33.3 Å². The van der Waals surface area contributed by atoms with E-state index in [2.05, 4.69) is 5.32 Å². The highest BCUT2D eigenvalue weighted by atomic mass is 32.2. The molecule has 35 heavy (non-hydrogen) atoms. The van der Waals surface area contributed by atoms with E-state index in [9.17, 15) is 22.4 Å². The molecule has 0 unspecified atom stereocenters. The van der Waals surface area contributed by atoms with Gasteiger partial charge in [-0.3, -0.25) is 13.9 Å². The molecular formula is C26H26FN3O4S. The van der Waals surface area contributed by atoms with E-state index in [0.717, 1.165) is 39.7 Å². The number of halogens is 1. The molecule has 4 rings (SSSR count). The minimum atomic E-state index is -4.12. The molecule has 0 radical (unpaired) electrons. The van der Waals surface area contributed by atoms with Crippen LogP contribution in [0, 0.1) is 12.7 Å². The number of anilines is 2. The van der Waals surface area contributed by atoms with Gasteiger partial charge in [-0.1, -0.05) is 29.8 Å². The van der Waals surface area contributed by atoms with Crippen molar-refractivity contribution in [3.05, 3.63) is 89.7 Å². The summed E-state index contributed by atoms with van der Waals surface area (Å²) in [6.07, 6.45) is 1.34. The average Bonchev–Trinajstić information content (AvgIpc) is 3.28. The van der Waals surface area contributed by atoms with E-state index in [0.29, 0.717) is 18.7 Å². The first-order valence-electron chi connectivity index (χ1n) is 11.2. The van der Waals surface area contributed by atoms with Crippen LogP contribution < -0.4 is 14.5 Å². The van der Waals surface area contributed by atoms with Gasteiger partial charge in [0.2, 0.25) is 11.8 Å². The Morgan fingerprint density at radius 1 is 1.06 bits per heavy atom. The van der Waals surface area contributed by atoms with Gasteiger partial charge in [0.25, 0.3) is 10.0 Å². The van der Waals surface area contributed by atoms with Crippen molar-refractivity contribution in [1.29, 1.82) is 0 Å². The van der Waals surface area contributed by atoms with Crippen LogP contribution >= 0.6 is 0 Å². The lowest BCUT2D eigenvalue weighted by molar-refractivity contribution is -0.120. The van der Waals surface area contributed by atoms with Gasteiger partial charge in [-0.2, -0.15) is 0 Å². The van der Waals surface area contributed by atoms with Crippen molar-refractivity contribution in [2.24, 2.45) is 0 Å². The monoisotopic (exact) mass is 495 g/mol. The number of benzene rings is 3. The normalized spacial score (nSPS) is 13.7. The second kappa shape index (κ2) is 10.3. The van der Waals surface area contributed by atoms with Crippen LogP contribution in [0.15, 0.2) is 77.7 Å². The van der Waals surface area contributed by atoms with Crippen LogP contribution in [0.4, 0.5) is 15.8 Å². The first kappa shape index (κ1) is 24.4. The molecule has 0 saturated carbocycles. The quantitative estimate of drug-likeness (QED) is 0.515. The molecule has 7 nitrogen and oxygen atoms in total. The van der Waals surface area contributed by atoms with Gasteiger partial charge in [-0.25, -0.2) is 12.8 Å². The lowest BCUT2D eigenvalue weighted by atomic mass is 10.2. The van der Waals surface area contributed by atoms with Crippen molar-refractivity contribution < 1.29 is 22.4 Å². The Morgan fingerprint density at radius 3 is 2.43 bits per heavy atom. The van der Waals surface area contributed by atoms with Crippen LogP contribution in [0.2, 0.25) is 0 Å². The molecule has 1 heterocycles. The van der Waals surface area contributed by atoms with Crippen LogP contribution in [0.1, 0.15) is 24.0 Å². The van der Waals surface area contributed by atoms with Gasteiger partial charge in [-0.05, 0) is 67.4 Å². The van der Waals surface area contributed by atoms with E-state index in [1.165, 1.54) is 12.1 Å². The minimum Gasteiger partial charge on any atom is -0.350 e. The molecule has 1 N–H and O–H groups in total. The molecule has 1 saturated heterocycles. The van der Waals surface area contributed by atoms with Gasteiger partial charge >= 0.3 is 0 Å². The second-order valence-electron chi connectivity index (χ2n) is 8.40. The van der Waals surface area contributed by atoms with Gasteiger partial charge in [-0.15, -0.1) is 0 Å². The number of amides is 2. The zero-order valence-electron chi connectivity index (χ0n) is 19.3. The molecule has 0 atom stereocenters. The number of hydrogen-bond donors (Lipinski definition) is 1. The number of carbonyl (C=O) groups is 2. The van der Waals surface area contributed by atoms with Crippen LogP contribution in [0.25, 0.3) is 0 Å². The molecule has 0 spiro atoms. The number of carbonyl (C=O) groups excluding carboxylic acids is 2. The topological polar surface area (TPSA) is 86.8 Å². The summed E-state index contributed by atoms with van der Waals surface area (Å²) in [5, 5.41) is 2.76. The molecule has 3 aromatic rings. The highest BCUT2D eigenvalue weighted by Gasteiger charge is 2.27. The van der Waals surface area contributed by atoms with Crippen molar-refractivity contribution in [2.45, 2.75) is 31.2 Å². The fourth-order valence-corrected chi connectivity index (χ4v) is 5.32. The number of nitrogens with one attached hydrogen (secondary N) is 1. The number of aryl methyl sites for hydroxylation is 1. The molecule has 1 fully saturated rings. The summed E-state index contributed by atoms with van der Waals surface area (Å²) in [5.41, 5.74) is 2.83. The summed E-state index contributed by atoms with van der Waals surface area (Å²) in [6.45, 7) is 2.26. The Balaban J connectivity index is 1.51. The number of nitrogens with zero attached hydrogens (tertiary/aromatic N) is 2. The molecular weight excluding hydrogens is 469 g/mol. The van der Waals surface area contributed by atoms with E-state index in [4.69, 9.17) is 0 Å². The summed E-state index contributed by atoms with van der Waals surface area (Å²) in [7, 11) is -4.12. The van der Waals surface area contributed by atoms with E-state index < -0.39 is 28.3 Å². The van der Waals surface area contributed by atoms with E-state index in [1.807, 2.05) is 31.2 Å². The van der Waals surface area contributed by atoms with Gasteiger partial charge in [0, 0.05) is 25.2 Å². The summed E-state index contributed by atoms with van der Waals surface area (Å²) < 4.78 is 41.1. The molecule has 9 heteroatoms. The van der Waals surface area contributed by atoms with Crippen LogP contribution in [0.5, 0.6) is 0 Å². The predicted molar refractivity (Wildman–Crippen MR) is 132 cm³/mol. The first-order valence-corrected chi connectivity index (χ1v) is 12.7. The lowest BCUT2D eigenvalue weighted by Gasteiger charge is -2.24. The van der Waals surface area contributed by atoms with Crippen molar-refractivity contribution >= 4 is 33.2 Å². The average molecular weight is 496 g/mol. The molecule has 3 aromatic carbocycles. The fraction of sp³-hybridized carbons (Fsp3) is 0.231. The zero-order chi connectivity index (χ0) is 25.0. The van der Waals surface area contributed by atoms with E-state index in [1.54, 1.807) is 29.2 Å². The smallest absolute Gasteiger partial charge is 0.264 e. The summed E-state index contributed by atoms with van der Waals surface area (Å²) in [5.74, 6) is -0.980. The van der Waals surface area contributed by atoms with E-state index >= 15 is 0 Å². The molecule has 182 valence electrons. The fourth-order valence-electron chi connectivity index (χ4n) is 3.90. The Bertz CT molecular complexity index is 1330.